The zero-order valence-corrected chi connectivity index (χ0v) is 16.2. The molecule has 1 aliphatic heterocycles. The van der Waals surface area contributed by atoms with Gasteiger partial charge >= 0.3 is 0 Å². The SMILES string of the molecule is CC(=O)c1ccc(C#N)c(N2CCN(C(=O)c3cccc(Cl)c3Cl)CC2)c1. The van der Waals surface area contributed by atoms with Gasteiger partial charge in [0.2, 0.25) is 0 Å². The number of hydrogen-bond acceptors (Lipinski definition) is 4. The Morgan fingerprint density at radius 1 is 1.07 bits per heavy atom. The number of Topliss-reactive ketones (excluding diaryl/α,β-unsaturated/α-hetero) is 1. The van der Waals surface area contributed by atoms with Gasteiger partial charge in [-0.15, -0.1) is 0 Å². The molecule has 1 saturated heterocycles. The van der Waals surface area contributed by atoms with Gasteiger partial charge in [0.1, 0.15) is 6.07 Å². The van der Waals surface area contributed by atoms with Gasteiger partial charge in [-0.2, -0.15) is 5.26 Å². The number of benzene rings is 2. The number of carbonyl (C=O) groups is 2. The largest absolute Gasteiger partial charge is 0.367 e. The minimum atomic E-state index is -0.167. The van der Waals surface area contributed by atoms with Crippen LogP contribution in [-0.4, -0.2) is 42.8 Å². The van der Waals surface area contributed by atoms with Crippen LogP contribution >= 0.6 is 23.2 Å². The Labute approximate surface area is 167 Å². The van der Waals surface area contributed by atoms with Gasteiger partial charge in [-0.25, -0.2) is 0 Å². The lowest BCUT2D eigenvalue weighted by atomic mass is 10.1. The minimum Gasteiger partial charge on any atom is -0.367 e. The summed E-state index contributed by atoms with van der Waals surface area (Å²) in [5, 5.41) is 9.98. The molecule has 0 spiro atoms. The summed E-state index contributed by atoms with van der Waals surface area (Å²) in [5.41, 5.74) is 2.18. The van der Waals surface area contributed by atoms with Gasteiger partial charge in [0, 0.05) is 31.7 Å². The molecule has 0 radical (unpaired) electrons. The number of hydrogen-bond donors (Lipinski definition) is 0. The van der Waals surface area contributed by atoms with E-state index in [2.05, 4.69) is 6.07 Å². The van der Waals surface area contributed by atoms with Crippen molar-refractivity contribution in [2.45, 2.75) is 6.92 Å². The Bertz CT molecular complexity index is 945. The molecule has 3 rings (SSSR count). The predicted molar refractivity (Wildman–Crippen MR) is 106 cm³/mol. The van der Waals surface area contributed by atoms with E-state index in [0.717, 1.165) is 5.69 Å². The summed E-state index contributed by atoms with van der Waals surface area (Å²) in [7, 11) is 0. The maximum absolute atomic E-state index is 12.7. The number of rotatable bonds is 3. The molecular formula is C20H17Cl2N3O2. The maximum Gasteiger partial charge on any atom is 0.255 e. The van der Waals surface area contributed by atoms with Crippen LogP contribution < -0.4 is 4.90 Å². The Morgan fingerprint density at radius 3 is 2.41 bits per heavy atom. The van der Waals surface area contributed by atoms with Crippen LogP contribution in [0.5, 0.6) is 0 Å². The molecule has 1 aliphatic rings. The third-order valence-electron chi connectivity index (χ3n) is 4.61. The van der Waals surface area contributed by atoms with Crippen LogP contribution in [0.25, 0.3) is 0 Å². The monoisotopic (exact) mass is 401 g/mol. The predicted octanol–water partition coefficient (Wildman–Crippen LogP) is 4.03. The van der Waals surface area contributed by atoms with E-state index < -0.39 is 0 Å². The minimum absolute atomic E-state index is 0.0508. The van der Waals surface area contributed by atoms with E-state index in [1.165, 1.54) is 6.92 Å². The molecule has 0 atom stereocenters. The van der Waals surface area contributed by atoms with Crippen molar-refractivity contribution in [2.75, 3.05) is 31.1 Å². The van der Waals surface area contributed by atoms with Crippen LogP contribution in [0.15, 0.2) is 36.4 Å². The van der Waals surface area contributed by atoms with Crippen LogP contribution in [0.3, 0.4) is 0 Å². The molecule has 2 aromatic carbocycles. The summed E-state index contributed by atoms with van der Waals surface area (Å²) in [6.07, 6.45) is 0. The van der Waals surface area contributed by atoms with Crippen LogP contribution in [0, 0.1) is 11.3 Å². The second-order valence-electron chi connectivity index (χ2n) is 6.28. The number of ketones is 1. The fourth-order valence-electron chi connectivity index (χ4n) is 3.10. The number of nitrogens with zero attached hydrogens (tertiary/aromatic N) is 3. The fraction of sp³-hybridized carbons (Fsp3) is 0.250. The van der Waals surface area contributed by atoms with Crippen molar-refractivity contribution < 1.29 is 9.59 Å². The molecule has 138 valence electrons. The number of carbonyl (C=O) groups excluding carboxylic acids is 2. The molecule has 5 nitrogen and oxygen atoms in total. The third kappa shape index (κ3) is 3.92. The van der Waals surface area contributed by atoms with Crippen molar-refractivity contribution in [3.8, 4) is 6.07 Å². The molecular weight excluding hydrogens is 385 g/mol. The number of nitriles is 1. The first-order valence-corrected chi connectivity index (χ1v) is 9.21. The molecule has 0 bridgehead atoms. The van der Waals surface area contributed by atoms with Gasteiger partial charge in [0.25, 0.3) is 5.91 Å². The Morgan fingerprint density at radius 2 is 1.78 bits per heavy atom. The van der Waals surface area contributed by atoms with Gasteiger partial charge in [-0.3, -0.25) is 9.59 Å². The molecule has 7 heteroatoms. The summed E-state index contributed by atoms with van der Waals surface area (Å²) >= 11 is 12.2. The van der Waals surface area contributed by atoms with Gasteiger partial charge in [-0.05, 0) is 37.3 Å². The average molecular weight is 402 g/mol. The second kappa shape index (κ2) is 7.99. The molecule has 0 N–H and O–H groups in total. The topological polar surface area (TPSA) is 64.4 Å². The highest BCUT2D eigenvalue weighted by molar-refractivity contribution is 6.43. The molecule has 1 amide bonds. The van der Waals surface area contributed by atoms with E-state index in [4.69, 9.17) is 23.2 Å². The average Bonchev–Trinajstić information content (AvgIpc) is 2.69. The lowest BCUT2D eigenvalue weighted by molar-refractivity contribution is 0.0747. The maximum atomic E-state index is 12.7. The van der Waals surface area contributed by atoms with Gasteiger partial charge in [0.15, 0.2) is 5.78 Å². The molecule has 0 unspecified atom stereocenters. The zero-order valence-electron chi connectivity index (χ0n) is 14.7. The first kappa shape index (κ1) is 19.2. The Balaban J connectivity index is 1.77. The quantitative estimate of drug-likeness (QED) is 0.728. The third-order valence-corrected chi connectivity index (χ3v) is 5.43. The fourth-order valence-corrected chi connectivity index (χ4v) is 3.48. The van der Waals surface area contributed by atoms with Crippen molar-refractivity contribution in [3.05, 3.63) is 63.1 Å². The highest BCUT2D eigenvalue weighted by atomic mass is 35.5. The van der Waals surface area contributed by atoms with E-state index in [1.54, 1.807) is 41.3 Å². The van der Waals surface area contributed by atoms with Crippen LogP contribution in [0.1, 0.15) is 33.2 Å². The lowest BCUT2D eigenvalue weighted by Gasteiger charge is -2.36. The summed E-state index contributed by atoms with van der Waals surface area (Å²) < 4.78 is 0. The first-order chi connectivity index (χ1) is 12.9. The molecule has 0 saturated carbocycles. The summed E-state index contributed by atoms with van der Waals surface area (Å²) in [5.74, 6) is -0.217. The van der Waals surface area contributed by atoms with Crippen molar-refractivity contribution in [1.82, 2.24) is 4.90 Å². The lowest BCUT2D eigenvalue weighted by Crippen LogP contribution is -2.49. The molecule has 0 aromatic heterocycles. The van der Waals surface area contributed by atoms with E-state index in [0.29, 0.717) is 47.9 Å². The molecule has 2 aromatic rings. The number of piperazine rings is 1. The number of amides is 1. The Kier molecular flexibility index (Phi) is 5.69. The van der Waals surface area contributed by atoms with Gasteiger partial charge < -0.3 is 9.80 Å². The molecule has 1 fully saturated rings. The highest BCUT2D eigenvalue weighted by Crippen LogP contribution is 2.28. The van der Waals surface area contributed by atoms with Crippen molar-refractivity contribution >= 4 is 40.6 Å². The summed E-state index contributed by atoms with van der Waals surface area (Å²) in [6.45, 7) is 3.57. The first-order valence-electron chi connectivity index (χ1n) is 8.45. The van der Waals surface area contributed by atoms with E-state index in [1.807, 2.05) is 4.90 Å². The van der Waals surface area contributed by atoms with Crippen molar-refractivity contribution in [3.63, 3.8) is 0 Å². The van der Waals surface area contributed by atoms with E-state index in [-0.39, 0.29) is 16.7 Å². The smallest absolute Gasteiger partial charge is 0.255 e. The van der Waals surface area contributed by atoms with Crippen molar-refractivity contribution in [1.29, 1.82) is 5.26 Å². The number of halogens is 2. The Hall–Kier alpha value is -2.55. The molecule has 0 aliphatic carbocycles. The number of anilines is 1. The van der Waals surface area contributed by atoms with Crippen molar-refractivity contribution in [2.24, 2.45) is 0 Å². The van der Waals surface area contributed by atoms with Gasteiger partial charge in [-0.1, -0.05) is 29.3 Å². The summed E-state index contributed by atoms with van der Waals surface area (Å²) in [6, 6.07) is 12.2. The molecule has 27 heavy (non-hydrogen) atoms. The zero-order chi connectivity index (χ0) is 19.6. The highest BCUT2D eigenvalue weighted by Gasteiger charge is 2.25. The standard InChI is InChI=1S/C20H17Cl2N3O2/c1-13(26)14-5-6-15(12-23)18(11-14)24-7-9-25(10-8-24)20(27)16-3-2-4-17(21)19(16)22/h2-6,11H,7-10H2,1H3. The van der Waals surface area contributed by atoms with Crippen LogP contribution in [0.2, 0.25) is 10.0 Å². The summed E-state index contributed by atoms with van der Waals surface area (Å²) in [4.78, 5) is 28.1. The van der Waals surface area contributed by atoms with Gasteiger partial charge in [0.05, 0.1) is 26.9 Å². The second-order valence-corrected chi connectivity index (χ2v) is 7.07. The van der Waals surface area contributed by atoms with Crippen LogP contribution in [0.4, 0.5) is 5.69 Å². The van der Waals surface area contributed by atoms with Crippen LogP contribution in [-0.2, 0) is 0 Å². The molecule has 1 heterocycles. The van der Waals surface area contributed by atoms with E-state index in [9.17, 15) is 14.9 Å². The van der Waals surface area contributed by atoms with E-state index >= 15 is 0 Å². The normalized spacial score (nSPS) is 14.0.